The first kappa shape index (κ1) is 21.8. The summed E-state index contributed by atoms with van der Waals surface area (Å²) in [5, 5.41) is 6.03. The van der Waals surface area contributed by atoms with Crippen molar-refractivity contribution in [2.24, 2.45) is 0 Å². The number of carbonyl (C=O) groups is 2. The molecule has 3 amide bonds. The summed E-state index contributed by atoms with van der Waals surface area (Å²) in [5.41, 5.74) is 4.49. The van der Waals surface area contributed by atoms with Gasteiger partial charge in [0.25, 0.3) is 0 Å². The van der Waals surface area contributed by atoms with Crippen molar-refractivity contribution in [1.82, 2.24) is 15.1 Å². The minimum absolute atomic E-state index is 0.00745. The Morgan fingerprint density at radius 1 is 1.00 bits per heavy atom. The van der Waals surface area contributed by atoms with Gasteiger partial charge in [0, 0.05) is 38.4 Å². The van der Waals surface area contributed by atoms with Gasteiger partial charge in [-0.15, -0.1) is 0 Å². The van der Waals surface area contributed by atoms with Gasteiger partial charge in [0.05, 0.1) is 6.54 Å². The minimum Gasteiger partial charge on any atom is -0.338 e. The van der Waals surface area contributed by atoms with Crippen LogP contribution in [0.5, 0.6) is 0 Å². The standard InChI is InChI=1S/C24H32N4O2/c1-3-21-9-4-5-10-22(21)26-23(29)18-27-13-15-28(16-14-27)24(30)25-12-11-20-8-6-7-19(2)17-20/h4-10,17H,3,11-16,18H2,1-2H3,(H,25,30)(H,26,29). The molecule has 6 heteroatoms. The molecule has 30 heavy (non-hydrogen) atoms. The largest absolute Gasteiger partial charge is 0.338 e. The molecule has 0 aliphatic carbocycles. The molecule has 1 fully saturated rings. The number of para-hydroxylation sites is 1. The Balaban J connectivity index is 1.37. The van der Waals surface area contributed by atoms with Gasteiger partial charge in [-0.1, -0.05) is 55.0 Å². The molecule has 0 saturated carbocycles. The Morgan fingerprint density at radius 3 is 2.50 bits per heavy atom. The number of anilines is 1. The molecule has 2 N–H and O–H groups in total. The SMILES string of the molecule is CCc1ccccc1NC(=O)CN1CCN(C(=O)NCCc2cccc(C)c2)CC1. The predicted molar refractivity (Wildman–Crippen MR) is 121 cm³/mol. The number of carbonyl (C=O) groups excluding carboxylic acids is 2. The second-order valence-electron chi connectivity index (χ2n) is 7.79. The number of nitrogens with zero attached hydrogens (tertiary/aromatic N) is 2. The summed E-state index contributed by atoms with van der Waals surface area (Å²) in [5.74, 6) is -0.00745. The van der Waals surface area contributed by atoms with E-state index < -0.39 is 0 Å². The van der Waals surface area contributed by atoms with Gasteiger partial charge < -0.3 is 15.5 Å². The summed E-state index contributed by atoms with van der Waals surface area (Å²) < 4.78 is 0. The van der Waals surface area contributed by atoms with Gasteiger partial charge in [-0.25, -0.2) is 4.79 Å². The summed E-state index contributed by atoms with van der Waals surface area (Å²) in [6.45, 7) is 7.80. The Bertz CT molecular complexity index is 860. The van der Waals surface area contributed by atoms with Crippen molar-refractivity contribution < 1.29 is 9.59 Å². The molecule has 1 aliphatic rings. The molecule has 2 aromatic carbocycles. The van der Waals surface area contributed by atoms with Gasteiger partial charge in [0.2, 0.25) is 5.91 Å². The van der Waals surface area contributed by atoms with E-state index in [4.69, 9.17) is 0 Å². The maximum atomic E-state index is 12.4. The summed E-state index contributed by atoms with van der Waals surface area (Å²) >= 11 is 0. The van der Waals surface area contributed by atoms with E-state index in [1.165, 1.54) is 11.1 Å². The second-order valence-corrected chi connectivity index (χ2v) is 7.79. The Morgan fingerprint density at radius 2 is 1.77 bits per heavy atom. The third kappa shape index (κ3) is 6.32. The first-order valence-corrected chi connectivity index (χ1v) is 10.7. The van der Waals surface area contributed by atoms with Crippen LogP contribution < -0.4 is 10.6 Å². The van der Waals surface area contributed by atoms with E-state index in [9.17, 15) is 9.59 Å². The zero-order valence-corrected chi connectivity index (χ0v) is 18.0. The lowest BCUT2D eigenvalue weighted by atomic mass is 10.1. The quantitative estimate of drug-likeness (QED) is 0.740. The lowest BCUT2D eigenvalue weighted by Crippen LogP contribution is -2.53. The van der Waals surface area contributed by atoms with Crippen LogP contribution in [0.25, 0.3) is 0 Å². The van der Waals surface area contributed by atoms with E-state index in [0.717, 1.165) is 24.1 Å². The van der Waals surface area contributed by atoms with E-state index in [-0.39, 0.29) is 11.9 Å². The molecule has 0 spiro atoms. The maximum Gasteiger partial charge on any atom is 0.317 e. The van der Waals surface area contributed by atoms with Crippen molar-refractivity contribution in [3.05, 3.63) is 65.2 Å². The number of rotatable bonds is 7. The normalized spacial score (nSPS) is 14.4. The molecular weight excluding hydrogens is 376 g/mol. The Kier molecular flexibility index (Phi) is 7.85. The summed E-state index contributed by atoms with van der Waals surface area (Å²) in [7, 11) is 0. The lowest BCUT2D eigenvalue weighted by molar-refractivity contribution is -0.117. The maximum absolute atomic E-state index is 12.4. The fraction of sp³-hybridized carbons (Fsp3) is 0.417. The monoisotopic (exact) mass is 408 g/mol. The van der Waals surface area contributed by atoms with Crippen molar-refractivity contribution in [1.29, 1.82) is 0 Å². The van der Waals surface area contributed by atoms with E-state index in [1.807, 2.05) is 35.2 Å². The third-order valence-corrected chi connectivity index (χ3v) is 5.47. The Hall–Kier alpha value is -2.86. The molecule has 1 heterocycles. The van der Waals surface area contributed by atoms with Crippen LogP contribution in [0.15, 0.2) is 48.5 Å². The molecule has 0 unspecified atom stereocenters. The van der Waals surface area contributed by atoms with Crippen LogP contribution in [0.1, 0.15) is 23.6 Å². The smallest absolute Gasteiger partial charge is 0.317 e. The van der Waals surface area contributed by atoms with Crippen LogP contribution in [0, 0.1) is 6.92 Å². The minimum atomic E-state index is -0.0244. The van der Waals surface area contributed by atoms with Crippen LogP contribution in [0.4, 0.5) is 10.5 Å². The number of hydrogen-bond acceptors (Lipinski definition) is 3. The van der Waals surface area contributed by atoms with Crippen LogP contribution in [-0.4, -0.2) is 61.0 Å². The van der Waals surface area contributed by atoms with Crippen molar-refractivity contribution in [3.63, 3.8) is 0 Å². The zero-order chi connectivity index (χ0) is 21.3. The molecule has 1 saturated heterocycles. The third-order valence-electron chi connectivity index (χ3n) is 5.47. The molecule has 6 nitrogen and oxygen atoms in total. The molecule has 0 atom stereocenters. The summed E-state index contributed by atoms with van der Waals surface area (Å²) in [6, 6.07) is 16.2. The van der Waals surface area contributed by atoms with Crippen molar-refractivity contribution >= 4 is 17.6 Å². The van der Waals surface area contributed by atoms with Crippen LogP contribution >= 0.6 is 0 Å². The van der Waals surface area contributed by atoms with E-state index >= 15 is 0 Å². The number of urea groups is 1. The van der Waals surface area contributed by atoms with E-state index in [2.05, 4.69) is 47.6 Å². The van der Waals surface area contributed by atoms with E-state index in [1.54, 1.807) is 0 Å². The zero-order valence-electron chi connectivity index (χ0n) is 18.0. The highest BCUT2D eigenvalue weighted by atomic mass is 16.2. The summed E-state index contributed by atoms with van der Waals surface area (Å²) in [4.78, 5) is 28.8. The predicted octanol–water partition coefficient (Wildman–Crippen LogP) is 3.07. The highest BCUT2D eigenvalue weighted by Crippen LogP contribution is 2.15. The molecule has 3 rings (SSSR count). The molecule has 0 aromatic heterocycles. The summed E-state index contributed by atoms with van der Waals surface area (Å²) in [6.07, 6.45) is 1.71. The van der Waals surface area contributed by atoms with Gasteiger partial charge in [-0.3, -0.25) is 9.69 Å². The van der Waals surface area contributed by atoms with Crippen LogP contribution in [-0.2, 0) is 17.6 Å². The van der Waals surface area contributed by atoms with Gasteiger partial charge in [-0.05, 0) is 37.0 Å². The highest BCUT2D eigenvalue weighted by molar-refractivity contribution is 5.93. The lowest BCUT2D eigenvalue weighted by Gasteiger charge is -2.34. The molecule has 0 radical (unpaired) electrons. The highest BCUT2D eigenvalue weighted by Gasteiger charge is 2.22. The van der Waals surface area contributed by atoms with Gasteiger partial charge in [0.15, 0.2) is 0 Å². The molecule has 1 aliphatic heterocycles. The average Bonchev–Trinajstić information content (AvgIpc) is 2.74. The van der Waals surface area contributed by atoms with Gasteiger partial charge >= 0.3 is 6.03 Å². The van der Waals surface area contributed by atoms with Gasteiger partial charge in [0.1, 0.15) is 0 Å². The van der Waals surface area contributed by atoms with Crippen LogP contribution in [0.2, 0.25) is 0 Å². The Labute approximate surface area is 179 Å². The van der Waals surface area contributed by atoms with Crippen molar-refractivity contribution in [2.45, 2.75) is 26.7 Å². The number of benzene rings is 2. The van der Waals surface area contributed by atoms with Crippen molar-refractivity contribution in [2.75, 3.05) is 44.6 Å². The number of hydrogen-bond donors (Lipinski definition) is 2. The number of piperazine rings is 1. The molecular formula is C24H32N4O2. The van der Waals surface area contributed by atoms with Crippen molar-refractivity contribution in [3.8, 4) is 0 Å². The first-order chi connectivity index (χ1) is 14.5. The molecule has 160 valence electrons. The number of amides is 3. The first-order valence-electron chi connectivity index (χ1n) is 10.7. The van der Waals surface area contributed by atoms with E-state index in [0.29, 0.717) is 39.3 Å². The number of aryl methyl sites for hydroxylation is 2. The molecule has 2 aromatic rings. The molecule has 0 bridgehead atoms. The fourth-order valence-electron chi connectivity index (χ4n) is 3.75. The second kappa shape index (κ2) is 10.8. The topological polar surface area (TPSA) is 64.7 Å². The van der Waals surface area contributed by atoms with Gasteiger partial charge in [-0.2, -0.15) is 0 Å². The number of nitrogens with one attached hydrogen (secondary N) is 2. The fourth-order valence-corrected chi connectivity index (χ4v) is 3.75. The van der Waals surface area contributed by atoms with Crippen LogP contribution in [0.3, 0.4) is 0 Å². The average molecular weight is 409 g/mol.